The maximum absolute atomic E-state index is 12.1. The van der Waals surface area contributed by atoms with Crippen molar-refractivity contribution in [2.24, 2.45) is 0 Å². The van der Waals surface area contributed by atoms with Crippen molar-refractivity contribution < 1.29 is 9.59 Å². The standard InChI is InChI=1S/C18H16O2/c1-2-15(19)11-18(20)13-7-8-17-14(10-13)9-12-5-3-4-6-16(12)17/h3-8,10H,2,9,11H2,1H3. The van der Waals surface area contributed by atoms with Gasteiger partial charge < -0.3 is 0 Å². The summed E-state index contributed by atoms with van der Waals surface area (Å²) in [6, 6.07) is 14.1. The van der Waals surface area contributed by atoms with Crippen LogP contribution in [0, 0.1) is 0 Å². The molecule has 2 aromatic rings. The molecule has 0 heterocycles. The number of hydrogen-bond donors (Lipinski definition) is 0. The van der Waals surface area contributed by atoms with Crippen molar-refractivity contribution in [2.75, 3.05) is 0 Å². The summed E-state index contributed by atoms with van der Waals surface area (Å²) in [5.74, 6) is -0.0746. The second-order valence-corrected chi connectivity index (χ2v) is 5.20. The largest absolute Gasteiger partial charge is 0.299 e. The van der Waals surface area contributed by atoms with Gasteiger partial charge in [-0.1, -0.05) is 43.3 Å². The maximum Gasteiger partial charge on any atom is 0.170 e. The fraction of sp³-hybridized carbons (Fsp3) is 0.222. The Balaban J connectivity index is 1.91. The van der Waals surface area contributed by atoms with Crippen LogP contribution < -0.4 is 0 Å². The minimum atomic E-state index is -0.0735. The minimum absolute atomic E-state index is 0.00113. The van der Waals surface area contributed by atoms with Gasteiger partial charge in [-0.2, -0.15) is 0 Å². The molecule has 0 aromatic heterocycles. The van der Waals surface area contributed by atoms with Gasteiger partial charge in [-0.05, 0) is 34.7 Å². The van der Waals surface area contributed by atoms with Crippen molar-refractivity contribution in [3.8, 4) is 11.1 Å². The lowest BCUT2D eigenvalue weighted by Crippen LogP contribution is -2.07. The SMILES string of the molecule is CCC(=O)CC(=O)c1ccc2c(c1)Cc1ccccc1-2. The van der Waals surface area contributed by atoms with Crippen LogP contribution in [0.1, 0.15) is 41.3 Å². The van der Waals surface area contributed by atoms with Crippen molar-refractivity contribution in [1.82, 2.24) is 0 Å². The summed E-state index contributed by atoms with van der Waals surface area (Å²) in [6.07, 6.45) is 1.30. The Morgan fingerprint density at radius 1 is 1.00 bits per heavy atom. The van der Waals surface area contributed by atoms with E-state index in [-0.39, 0.29) is 18.0 Å². The molecule has 0 amide bonds. The van der Waals surface area contributed by atoms with Crippen LogP contribution in [0.3, 0.4) is 0 Å². The number of ketones is 2. The summed E-state index contributed by atoms with van der Waals surface area (Å²) in [5.41, 5.74) is 5.60. The Morgan fingerprint density at radius 3 is 2.55 bits per heavy atom. The van der Waals surface area contributed by atoms with E-state index >= 15 is 0 Å². The van der Waals surface area contributed by atoms with Crippen LogP contribution in [0.4, 0.5) is 0 Å². The number of fused-ring (bicyclic) bond motifs is 3. The van der Waals surface area contributed by atoms with Gasteiger partial charge in [0.15, 0.2) is 5.78 Å². The molecule has 0 unspecified atom stereocenters. The molecule has 0 aliphatic heterocycles. The highest BCUT2D eigenvalue weighted by Crippen LogP contribution is 2.36. The van der Waals surface area contributed by atoms with E-state index < -0.39 is 0 Å². The minimum Gasteiger partial charge on any atom is -0.299 e. The van der Waals surface area contributed by atoms with Crippen molar-refractivity contribution in [2.45, 2.75) is 26.2 Å². The van der Waals surface area contributed by atoms with Gasteiger partial charge in [0, 0.05) is 12.0 Å². The van der Waals surface area contributed by atoms with Crippen LogP contribution in [-0.2, 0) is 11.2 Å². The lowest BCUT2D eigenvalue weighted by molar-refractivity contribution is -0.117. The molecule has 3 rings (SSSR count). The molecular formula is C18H16O2. The van der Waals surface area contributed by atoms with Crippen LogP contribution in [0.2, 0.25) is 0 Å². The average Bonchev–Trinajstić information content (AvgIpc) is 2.84. The molecule has 1 aliphatic rings. The first-order valence-electron chi connectivity index (χ1n) is 6.95. The zero-order chi connectivity index (χ0) is 14.1. The van der Waals surface area contributed by atoms with E-state index in [1.54, 1.807) is 6.92 Å². The molecule has 1 aliphatic carbocycles. The Labute approximate surface area is 118 Å². The first-order chi connectivity index (χ1) is 9.69. The number of hydrogen-bond acceptors (Lipinski definition) is 2. The van der Waals surface area contributed by atoms with Gasteiger partial charge in [0.05, 0.1) is 6.42 Å². The highest BCUT2D eigenvalue weighted by Gasteiger charge is 2.19. The average molecular weight is 264 g/mol. The van der Waals surface area contributed by atoms with Gasteiger partial charge in [0.2, 0.25) is 0 Å². The van der Waals surface area contributed by atoms with Gasteiger partial charge in [0.1, 0.15) is 5.78 Å². The molecule has 0 saturated heterocycles. The molecule has 2 nitrogen and oxygen atoms in total. The number of Topliss-reactive ketones (excluding diaryl/α,β-unsaturated/α-hetero) is 2. The predicted molar refractivity (Wildman–Crippen MR) is 78.9 cm³/mol. The highest BCUT2D eigenvalue weighted by atomic mass is 16.1. The van der Waals surface area contributed by atoms with E-state index in [1.165, 1.54) is 22.3 Å². The fourth-order valence-electron chi connectivity index (χ4n) is 2.72. The lowest BCUT2D eigenvalue weighted by atomic mass is 9.99. The number of benzene rings is 2. The Bertz CT molecular complexity index is 698. The summed E-state index contributed by atoms with van der Waals surface area (Å²) in [6.45, 7) is 1.79. The smallest absolute Gasteiger partial charge is 0.170 e. The van der Waals surface area contributed by atoms with Gasteiger partial charge in [-0.3, -0.25) is 9.59 Å². The van der Waals surface area contributed by atoms with Gasteiger partial charge in [0.25, 0.3) is 0 Å². The molecule has 2 heteroatoms. The Hall–Kier alpha value is -2.22. The number of rotatable bonds is 4. The topological polar surface area (TPSA) is 34.1 Å². The Morgan fingerprint density at radius 2 is 1.75 bits per heavy atom. The van der Waals surface area contributed by atoms with E-state index in [2.05, 4.69) is 12.1 Å². The highest BCUT2D eigenvalue weighted by molar-refractivity contribution is 6.08. The Kier molecular flexibility index (Phi) is 3.23. The van der Waals surface area contributed by atoms with E-state index in [0.717, 1.165) is 6.42 Å². The molecule has 0 fully saturated rings. The zero-order valence-electron chi connectivity index (χ0n) is 11.5. The van der Waals surface area contributed by atoms with Crippen molar-refractivity contribution in [3.05, 3.63) is 59.2 Å². The molecule has 0 bridgehead atoms. The molecule has 2 aromatic carbocycles. The third-order valence-corrected chi connectivity index (χ3v) is 3.87. The first-order valence-corrected chi connectivity index (χ1v) is 6.95. The summed E-state index contributed by atoms with van der Waals surface area (Å²) in [7, 11) is 0. The second-order valence-electron chi connectivity index (χ2n) is 5.20. The lowest BCUT2D eigenvalue weighted by Gasteiger charge is -2.04. The third kappa shape index (κ3) is 2.18. The number of carbonyl (C=O) groups excluding carboxylic acids is 2. The summed E-state index contributed by atoms with van der Waals surface area (Å²) >= 11 is 0. The van der Waals surface area contributed by atoms with Crippen LogP contribution in [0.15, 0.2) is 42.5 Å². The van der Waals surface area contributed by atoms with Crippen LogP contribution in [0.25, 0.3) is 11.1 Å². The maximum atomic E-state index is 12.1. The fourth-order valence-corrected chi connectivity index (χ4v) is 2.72. The normalized spacial score (nSPS) is 11.8. The molecule has 0 atom stereocenters. The molecule has 0 spiro atoms. The molecule has 0 N–H and O–H groups in total. The predicted octanol–water partition coefficient (Wildman–Crippen LogP) is 3.81. The van der Waals surface area contributed by atoms with Crippen LogP contribution in [-0.4, -0.2) is 11.6 Å². The second kappa shape index (κ2) is 5.04. The molecular weight excluding hydrogens is 248 g/mol. The van der Waals surface area contributed by atoms with Gasteiger partial charge in [-0.25, -0.2) is 0 Å². The number of carbonyl (C=O) groups is 2. The molecule has 100 valence electrons. The van der Waals surface area contributed by atoms with Crippen molar-refractivity contribution in [3.63, 3.8) is 0 Å². The summed E-state index contributed by atoms with van der Waals surface area (Å²) < 4.78 is 0. The van der Waals surface area contributed by atoms with Gasteiger partial charge >= 0.3 is 0 Å². The summed E-state index contributed by atoms with van der Waals surface area (Å²) in [5, 5.41) is 0. The van der Waals surface area contributed by atoms with Crippen molar-refractivity contribution >= 4 is 11.6 Å². The van der Waals surface area contributed by atoms with Gasteiger partial charge in [-0.15, -0.1) is 0 Å². The van der Waals surface area contributed by atoms with Crippen LogP contribution in [0.5, 0.6) is 0 Å². The van der Waals surface area contributed by atoms with E-state index in [1.807, 2.05) is 30.3 Å². The van der Waals surface area contributed by atoms with E-state index in [9.17, 15) is 9.59 Å². The molecule has 20 heavy (non-hydrogen) atoms. The summed E-state index contributed by atoms with van der Waals surface area (Å²) in [4.78, 5) is 23.5. The van der Waals surface area contributed by atoms with Crippen molar-refractivity contribution in [1.29, 1.82) is 0 Å². The monoisotopic (exact) mass is 264 g/mol. The molecule has 0 radical (unpaired) electrons. The van der Waals surface area contributed by atoms with Crippen LogP contribution >= 0.6 is 0 Å². The van der Waals surface area contributed by atoms with E-state index in [4.69, 9.17) is 0 Å². The zero-order valence-corrected chi connectivity index (χ0v) is 11.5. The third-order valence-electron chi connectivity index (χ3n) is 3.87. The quantitative estimate of drug-likeness (QED) is 0.530. The van der Waals surface area contributed by atoms with E-state index in [0.29, 0.717) is 12.0 Å². The molecule has 0 saturated carbocycles. The first kappa shape index (κ1) is 12.8.